The topological polar surface area (TPSA) is 96.0 Å². The first-order chi connectivity index (χ1) is 20.6. The van der Waals surface area contributed by atoms with Crippen LogP contribution in [0.15, 0.2) is 78.9 Å². The predicted molar refractivity (Wildman–Crippen MR) is 173 cm³/mol. The van der Waals surface area contributed by atoms with E-state index in [9.17, 15) is 18.0 Å². The molecule has 10 heteroatoms. The molecule has 0 fully saturated rings. The van der Waals surface area contributed by atoms with Crippen LogP contribution in [-0.4, -0.2) is 57.1 Å². The lowest BCUT2D eigenvalue weighted by atomic mass is 10.0. The predicted octanol–water partition coefficient (Wildman–Crippen LogP) is 5.84. The minimum atomic E-state index is -3.61. The molecule has 3 aromatic carbocycles. The first-order valence-corrected chi connectivity index (χ1v) is 16.9. The summed E-state index contributed by atoms with van der Waals surface area (Å²) in [5.74, 6) is 0.197. The fourth-order valence-corrected chi connectivity index (χ4v) is 5.82. The fraction of sp³-hybridized carbons (Fsp3) is 0.394. The molecule has 8 nitrogen and oxygen atoms in total. The number of hydrogen-bond acceptors (Lipinski definition) is 5. The molecule has 0 radical (unpaired) electrons. The van der Waals surface area contributed by atoms with Crippen molar-refractivity contribution in [1.82, 2.24) is 10.2 Å². The Morgan fingerprint density at radius 3 is 2.19 bits per heavy atom. The van der Waals surface area contributed by atoms with E-state index in [1.165, 1.54) is 4.31 Å². The van der Waals surface area contributed by atoms with Crippen molar-refractivity contribution in [2.75, 3.05) is 30.3 Å². The van der Waals surface area contributed by atoms with Gasteiger partial charge in [-0.05, 0) is 67.3 Å². The lowest BCUT2D eigenvalue weighted by Crippen LogP contribution is -2.50. The number of carbonyl (C=O) groups is 2. The third kappa shape index (κ3) is 10.9. The van der Waals surface area contributed by atoms with Crippen molar-refractivity contribution in [1.29, 1.82) is 0 Å². The van der Waals surface area contributed by atoms with Crippen LogP contribution in [0.2, 0.25) is 5.02 Å². The number of carbonyl (C=O) groups excluding carboxylic acids is 2. The zero-order valence-electron chi connectivity index (χ0n) is 25.2. The molecule has 0 aliphatic heterocycles. The average Bonchev–Trinajstić information content (AvgIpc) is 2.98. The van der Waals surface area contributed by atoms with E-state index in [1.807, 2.05) is 49.4 Å². The Bertz CT molecular complexity index is 1400. The van der Waals surface area contributed by atoms with Gasteiger partial charge in [-0.15, -0.1) is 0 Å². The summed E-state index contributed by atoms with van der Waals surface area (Å²) in [6.07, 6.45) is 3.59. The molecule has 0 saturated carbocycles. The molecule has 1 atom stereocenters. The quantitative estimate of drug-likeness (QED) is 0.190. The zero-order chi connectivity index (χ0) is 31.2. The Morgan fingerprint density at radius 1 is 0.907 bits per heavy atom. The largest absolute Gasteiger partial charge is 0.494 e. The van der Waals surface area contributed by atoms with Gasteiger partial charge in [0.1, 0.15) is 11.8 Å². The highest BCUT2D eigenvalue weighted by molar-refractivity contribution is 7.92. The Balaban J connectivity index is 1.84. The van der Waals surface area contributed by atoms with Gasteiger partial charge in [0.15, 0.2) is 0 Å². The number of rotatable bonds is 17. The highest BCUT2D eigenvalue weighted by atomic mass is 35.5. The smallest absolute Gasteiger partial charge is 0.243 e. The molecule has 0 heterocycles. The summed E-state index contributed by atoms with van der Waals surface area (Å²) in [6, 6.07) is 22.9. The van der Waals surface area contributed by atoms with E-state index in [0.29, 0.717) is 36.0 Å². The molecule has 0 saturated heterocycles. The molecule has 1 N–H and O–H groups in total. The third-order valence-corrected chi connectivity index (χ3v) is 8.40. The molecule has 1 unspecified atom stereocenters. The highest BCUT2D eigenvalue weighted by Crippen LogP contribution is 2.23. The number of ether oxygens (including phenoxy) is 1. The van der Waals surface area contributed by atoms with Crippen LogP contribution in [0.3, 0.4) is 0 Å². The van der Waals surface area contributed by atoms with Crippen molar-refractivity contribution in [2.45, 2.75) is 58.5 Å². The van der Waals surface area contributed by atoms with E-state index in [-0.39, 0.29) is 37.7 Å². The summed E-state index contributed by atoms with van der Waals surface area (Å²) in [7, 11) is -3.61. The monoisotopic (exact) mass is 627 g/mol. The van der Waals surface area contributed by atoms with Crippen molar-refractivity contribution in [3.05, 3.63) is 95.0 Å². The van der Waals surface area contributed by atoms with Crippen molar-refractivity contribution >= 4 is 39.1 Å². The Labute approximate surface area is 261 Å². The second-order valence-corrected chi connectivity index (χ2v) is 12.7. The summed E-state index contributed by atoms with van der Waals surface area (Å²) in [6.45, 7) is 5.28. The number of amides is 2. The van der Waals surface area contributed by atoms with E-state index in [0.717, 1.165) is 30.2 Å². The number of benzene rings is 3. The molecule has 3 rings (SSSR count). The highest BCUT2D eigenvalue weighted by Gasteiger charge is 2.30. The van der Waals surface area contributed by atoms with Gasteiger partial charge >= 0.3 is 0 Å². The first kappa shape index (κ1) is 33.9. The van der Waals surface area contributed by atoms with Crippen molar-refractivity contribution < 1.29 is 22.7 Å². The summed E-state index contributed by atoms with van der Waals surface area (Å²) >= 11 is 6.11. The number of nitrogens with one attached hydrogen (secondary N) is 1. The van der Waals surface area contributed by atoms with Gasteiger partial charge in [-0.3, -0.25) is 13.9 Å². The third-order valence-electron chi connectivity index (χ3n) is 6.95. The van der Waals surface area contributed by atoms with Crippen LogP contribution in [0.5, 0.6) is 5.75 Å². The molecule has 0 aromatic heterocycles. The number of nitrogens with zero attached hydrogens (tertiary/aromatic N) is 2. The van der Waals surface area contributed by atoms with Crippen LogP contribution in [0.25, 0.3) is 0 Å². The molecule has 0 bridgehead atoms. The van der Waals surface area contributed by atoms with Gasteiger partial charge in [0, 0.05) is 37.5 Å². The van der Waals surface area contributed by atoms with Gasteiger partial charge in [0.2, 0.25) is 21.8 Å². The summed E-state index contributed by atoms with van der Waals surface area (Å²) in [4.78, 5) is 29.1. The molecule has 2 amide bonds. The van der Waals surface area contributed by atoms with Crippen LogP contribution >= 0.6 is 11.6 Å². The van der Waals surface area contributed by atoms with Crippen LogP contribution in [-0.2, 0) is 32.6 Å². The first-order valence-electron chi connectivity index (χ1n) is 14.7. The summed E-state index contributed by atoms with van der Waals surface area (Å²) in [5.41, 5.74) is 2.27. The van der Waals surface area contributed by atoms with Crippen molar-refractivity contribution in [2.24, 2.45) is 0 Å². The summed E-state index contributed by atoms with van der Waals surface area (Å²) < 4.78 is 32.1. The van der Waals surface area contributed by atoms with Crippen LogP contribution in [0.4, 0.5) is 5.69 Å². The summed E-state index contributed by atoms with van der Waals surface area (Å²) in [5, 5.41) is 3.59. The maximum Gasteiger partial charge on any atom is 0.243 e. The van der Waals surface area contributed by atoms with Crippen LogP contribution in [0.1, 0.15) is 50.7 Å². The normalized spacial score (nSPS) is 11.9. The molecular weight excluding hydrogens is 586 g/mol. The molecule has 43 heavy (non-hydrogen) atoms. The molecule has 3 aromatic rings. The van der Waals surface area contributed by atoms with E-state index >= 15 is 0 Å². The SMILES string of the molecule is CCCCNC(=O)C(Cc1ccccc1)N(Cc1ccc(Cl)cc1)C(=O)CCCN(c1ccc(OCC)cc1)S(C)(=O)=O. The number of halogens is 1. The lowest BCUT2D eigenvalue weighted by Gasteiger charge is -2.32. The van der Waals surface area contributed by atoms with E-state index in [4.69, 9.17) is 16.3 Å². The lowest BCUT2D eigenvalue weighted by molar-refractivity contribution is -0.141. The maximum atomic E-state index is 13.9. The van der Waals surface area contributed by atoms with Crippen molar-refractivity contribution in [3.8, 4) is 5.75 Å². The van der Waals surface area contributed by atoms with E-state index in [2.05, 4.69) is 12.2 Å². The van der Waals surface area contributed by atoms with Gasteiger partial charge in [-0.1, -0.05) is 67.4 Å². The average molecular weight is 628 g/mol. The minimum Gasteiger partial charge on any atom is -0.494 e. The molecule has 0 spiro atoms. The Morgan fingerprint density at radius 2 is 1.58 bits per heavy atom. The van der Waals surface area contributed by atoms with Gasteiger partial charge in [0.25, 0.3) is 0 Å². The van der Waals surface area contributed by atoms with Gasteiger partial charge < -0.3 is 15.0 Å². The van der Waals surface area contributed by atoms with Crippen LogP contribution in [0, 0.1) is 0 Å². The second-order valence-electron chi connectivity index (χ2n) is 10.4. The van der Waals surface area contributed by atoms with Gasteiger partial charge in [-0.2, -0.15) is 0 Å². The standard InChI is InChI=1S/C33H42ClN3O5S/c1-4-6-22-35-33(39)31(24-26-11-8-7-9-12-26)36(25-27-14-16-28(34)17-15-27)32(38)13-10-23-37(43(3,40)41)29-18-20-30(21-19-29)42-5-2/h7-9,11-12,14-21,31H,4-6,10,13,22-25H2,1-3H3,(H,35,39). The number of anilines is 1. The Kier molecular flexibility index (Phi) is 13.3. The Hall–Kier alpha value is -3.56. The second kappa shape index (κ2) is 16.9. The molecule has 0 aliphatic rings. The molecule has 232 valence electrons. The van der Waals surface area contributed by atoms with Crippen LogP contribution < -0.4 is 14.4 Å². The molecule has 0 aliphatic carbocycles. The number of hydrogen-bond donors (Lipinski definition) is 1. The maximum absolute atomic E-state index is 13.9. The van der Waals surface area contributed by atoms with Gasteiger partial charge in [-0.25, -0.2) is 8.42 Å². The van der Waals surface area contributed by atoms with E-state index in [1.54, 1.807) is 41.3 Å². The number of sulfonamides is 1. The zero-order valence-corrected chi connectivity index (χ0v) is 26.7. The van der Waals surface area contributed by atoms with E-state index < -0.39 is 16.1 Å². The minimum absolute atomic E-state index is 0.0597. The number of unbranched alkanes of at least 4 members (excludes halogenated alkanes) is 1. The van der Waals surface area contributed by atoms with Gasteiger partial charge in [0.05, 0.1) is 18.6 Å². The molecular formula is C33H42ClN3O5S. The van der Waals surface area contributed by atoms with Crippen molar-refractivity contribution in [3.63, 3.8) is 0 Å². The fourth-order valence-electron chi connectivity index (χ4n) is 4.73.